The first kappa shape index (κ1) is 18.2. The summed E-state index contributed by atoms with van der Waals surface area (Å²) in [4.78, 5) is 4.55. The molecule has 0 spiro atoms. The number of nitrogens with zero attached hydrogens (tertiary/aromatic N) is 1. The molecule has 1 aromatic heterocycles. The fourth-order valence-electron chi connectivity index (χ4n) is 2.83. The van der Waals surface area contributed by atoms with Crippen molar-refractivity contribution in [2.24, 2.45) is 0 Å². The number of methoxy groups -OCH3 is 2. The molecule has 0 amide bonds. The molecule has 1 N–H and O–H groups in total. The lowest BCUT2D eigenvalue weighted by Gasteiger charge is -2.25. The highest BCUT2D eigenvalue weighted by atomic mass is 35.5. The van der Waals surface area contributed by atoms with E-state index >= 15 is 0 Å². The molecule has 6 nitrogen and oxygen atoms in total. The molecule has 3 rings (SSSR count). The molecular weight excluding hydrogens is 344 g/mol. The number of nitrogens with one attached hydrogen (secondary N) is 1. The van der Waals surface area contributed by atoms with E-state index in [2.05, 4.69) is 10.3 Å². The van der Waals surface area contributed by atoms with Crippen LogP contribution in [0.3, 0.4) is 0 Å². The van der Waals surface area contributed by atoms with E-state index in [0.717, 1.165) is 36.0 Å². The Morgan fingerprint density at radius 2 is 2.16 bits per heavy atom. The van der Waals surface area contributed by atoms with Gasteiger partial charge < -0.3 is 24.3 Å². The maximum atomic E-state index is 6.64. The van der Waals surface area contributed by atoms with Crippen molar-refractivity contribution in [3.63, 3.8) is 0 Å². The molecule has 0 aliphatic carbocycles. The van der Waals surface area contributed by atoms with Crippen LogP contribution in [0.1, 0.15) is 18.1 Å². The van der Waals surface area contributed by atoms with E-state index in [1.807, 2.05) is 12.1 Å². The summed E-state index contributed by atoms with van der Waals surface area (Å²) in [5.74, 6) is 1.28. The lowest BCUT2D eigenvalue weighted by molar-refractivity contribution is 0.0276. The second-order valence-corrected chi connectivity index (χ2v) is 6.18. The van der Waals surface area contributed by atoms with Gasteiger partial charge in [0.25, 0.3) is 0 Å². The van der Waals surface area contributed by atoms with Crippen LogP contribution in [-0.4, -0.2) is 52.1 Å². The normalized spacial score (nSPS) is 17.6. The molecule has 1 aliphatic heterocycles. The van der Waals surface area contributed by atoms with Crippen LogP contribution in [0.15, 0.2) is 18.3 Å². The summed E-state index contributed by atoms with van der Waals surface area (Å²) in [6.45, 7) is 3.44. The Morgan fingerprint density at radius 3 is 2.88 bits per heavy atom. The van der Waals surface area contributed by atoms with Crippen molar-refractivity contribution < 1.29 is 18.9 Å². The quantitative estimate of drug-likeness (QED) is 0.760. The molecule has 25 heavy (non-hydrogen) atoms. The van der Waals surface area contributed by atoms with Crippen LogP contribution >= 0.6 is 11.6 Å². The molecule has 0 saturated carbocycles. The molecule has 1 saturated heterocycles. The van der Waals surface area contributed by atoms with E-state index in [0.29, 0.717) is 36.3 Å². The van der Waals surface area contributed by atoms with Crippen LogP contribution in [0.2, 0.25) is 5.02 Å². The minimum Gasteiger partial charge on any atom is -0.493 e. The smallest absolute Gasteiger partial charge is 0.163 e. The monoisotopic (exact) mass is 366 g/mol. The second kappa shape index (κ2) is 8.67. The minimum absolute atomic E-state index is 0.0888. The molecule has 0 bridgehead atoms. The van der Waals surface area contributed by atoms with Crippen molar-refractivity contribution in [1.82, 2.24) is 10.3 Å². The second-order valence-electron chi connectivity index (χ2n) is 5.81. The number of pyridine rings is 1. The fourth-order valence-corrected chi connectivity index (χ4v) is 3.15. The Hall–Kier alpha value is -1.60. The summed E-state index contributed by atoms with van der Waals surface area (Å²) in [7, 11) is 3.29. The van der Waals surface area contributed by atoms with Crippen molar-refractivity contribution >= 4 is 22.5 Å². The third-order valence-electron chi connectivity index (χ3n) is 4.14. The number of morpholine rings is 1. The first-order valence-electron chi connectivity index (χ1n) is 8.34. The molecule has 2 aromatic rings. The van der Waals surface area contributed by atoms with Gasteiger partial charge in [0.15, 0.2) is 11.5 Å². The largest absolute Gasteiger partial charge is 0.493 e. The highest BCUT2D eigenvalue weighted by Gasteiger charge is 2.21. The van der Waals surface area contributed by atoms with Crippen LogP contribution in [0.4, 0.5) is 0 Å². The zero-order valence-corrected chi connectivity index (χ0v) is 15.3. The zero-order chi connectivity index (χ0) is 17.6. The highest BCUT2D eigenvalue weighted by Crippen LogP contribution is 2.38. The van der Waals surface area contributed by atoms with Crippen molar-refractivity contribution in [2.45, 2.75) is 12.5 Å². The average molecular weight is 367 g/mol. The van der Waals surface area contributed by atoms with Crippen molar-refractivity contribution in [3.8, 4) is 11.5 Å². The van der Waals surface area contributed by atoms with Crippen molar-refractivity contribution in [2.75, 3.05) is 47.1 Å². The zero-order valence-electron chi connectivity index (χ0n) is 14.5. The summed E-state index contributed by atoms with van der Waals surface area (Å²) < 4.78 is 22.1. The molecular formula is C18H23ClN2O4. The Bertz CT molecular complexity index is 720. The maximum absolute atomic E-state index is 6.64. The summed E-state index contributed by atoms with van der Waals surface area (Å²) in [5.41, 5.74) is 1.65. The third-order valence-corrected chi connectivity index (χ3v) is 4.56. The van der Waals surface area contributed by atoms with Crippen LogP contribution in [0.25, 0.3) is 10.9 Å². The first-order chi connectivity index (χ1) is 12.2. The molecule has 1 fully saturated rings. The summed E-state index contributed by atoms with van der Waals surface area (Å²) in [5, 5.41) is 4.78. The van der Waals surface area contributed by atoms with Gasteiger partial charge in [0, 0.05) is 56.4 Å². The van der Waals surface area contributed by atoms with Gasteiger partial charge in [-0.1, -0.05) is 11.6 Å². The Kier molecular flexibility index (Phi) is 6.31. The van der Waals surface area contributed by atoms with Crippen LogP contribution in [0, 0.1) is 0 Å². The standard InChI is InChI=1S/C18H23ClN2O4/c1-22-5-3-6-24-16-9-14-12(8-15(16)23-2)18(19)13(10-21-14)17-11-20-4-7-25-17/h8-10,17,20H,3-7,11H2,1-2H3. The number of hydrogen-bond donors (Lipinski definition) is 1. The first-order valence-corrected chi connectivity index (χ1v) is 8.72. The molecule has 1 unspecified atom stereocenters. The van der Waals surface area contributed by atoms with Crippen LogP contribution in [0.5, 0.6) is 11.5 Å². The van der Waals surface area contributed by atoms with Gasteiger partial charge in [0.05, 0.1) is 37.0 Å². The Morgan fingerprint density at radius 1 is 1.28 bits per heavy atom. The van der Waals surface area contributed by atoms with E-state index in [1.54, 1.807) is 20.4 Å². The van der Waals surface area contributed by atoms with E-state index in [4.69, 9.17) is 30.5 Å². The SMILES string of the molecule is COCCCOc1cc2ncc(C3CNCCO3)c(Cl)c2cc1OC. The number of benzene rings is 1. The molecule has 2 heterocycles. The van der Waals surface area contributed by atoms with Gasteiger partial charge in [0.2, 0.25) is 0 Å². The van der Waals surface area contributed by atoms with E-state index < -0.39 is 0 Å². The van der Waals surface area contributed by atoms with Gasteiger partial charge in [-0.25, -0.2) is 0 Å². The molecule has 1 aromatic carbocycles. The van der Waals surface area contributed by atoms with Gasteiger partial charge in [0.1, 0.15) is 0 Å². The number of aromatic nitrogens is 1. The van der Waals surface area contributed by atoms with Crippen molar-refractivity contribution in [3.05, 3.63) is 28.9 Å². The fraction of sp³-hybridized carbons (Fsp3) is 0.500. The molecule has 136 valence electrons. The topological polar surface area (TPSA) is 61.8 Å². The molecule has 7 heteroatoms. The van der Waals surface area contributed by atoms with E-state index in [-0.39, 0.29) is 6.10 Å². The number of fused-ring (bicyclic) bond motifs is 1. The van der Waals surface area contributed by atoms with Crippen LogP contribution < -0.4 is 14.8 Å². The lowest BCUT2D eigenvalue weighted by atomic mass is 10.1. The maximum Gasteiger partial charge on any atom is 0.163 e. The van der Waals surface area contributed by atoms with E-state index in [9.17, 15) is 0 Å². The van der Waals surface area contributed by atoms with Gasteiger partial charge in [-0.3, -0.25) is 4.98 Å². The molecule has 1 atom stereocenters. The van der Waals surface area contributed by atoms with Gasteiger partial charge >= 0.3 is 0 Å². The predicted octanol–water partition coefficient (Wildman–Crippen LogP) is 2.97. The van der Waals surface area contributed by atoms with Crippen molar-refractivity contribution in [1.29, 1.82) is 0 Å². The molecule has 0 radical (unpaired) electrons. The molecule has 1 aliphatic rings. The summed E-state index contributed by atoms with van der Waals surface area (Å²) in [6, 6.07) is 3.73. The lowest BCUT2D eigenvalue weighted by Crippen LogP contribution is -2.33. The van der Waals surface area contributed by atoms with Crippen LogP contribution in [-0.2, 0) is 9.47 Å². The number of halogens is 1. The Balaban J connectivity index is 1.90. The van der Waals surface area contributed by atoms with E-state index in [1.165, 1.54) is 0 Å². The van der Waals surface area contributed by atoms with Gasteiger partial charge in [-0.05, 0) is 6.07 Å². The van der Waals surface area contributed by atoms with Gasteiger partial charge in [-0.2, -0.15) is 0 Å². The minimum atomic E-state index is -0.0888. The predicted molar refractivity (Wildman–Crippen MR) is 96.9 cm³/mol. The number of rotatable bonds is 7. The number of hydrogen-bond acceptors (Lipinski definition) is 6. The number of ether oxygens (including phenoxy) is 4. The summed E-state index contributed by atoms with van der Waals surface area (Å²) >= 11 is 6.64. The highest BCUT2D eigenvalue weighted by molar-refractivity contribution is 6.36. The average Bonchev–Trinajstić information content (AvgIpc) is 2.66. The van der Waals surface area contributed by atoms with Gasteiger partial charge in [-0.15, -0.1) is 0 Å². The Labute approximate surface area is 152 Å². The summed E-state index contributed by atoms with van der Waals surface area (Å²) in [6.07, 6.45) is 2.49. The third kappa shape index (κ3) is 4.15.